The summed E-state index contributed by atoms with van der Waals surface area (Å²) in [6.45, 7) is 1.95. The van der Waals surface area contributed by atoms with Crippen molar-refractivity contribution in [3.8, 4) is 0 Å². The first-order chi connectivity index (χ1) is 22.0. The van der Waals surface area contributed by atoms with Crippen LogP contribution in [-0.4, -0.2) is 54.4 Å². The molecule has 258 valence electrons. The molecule has 2 aromatic carbocycles. The third-order valence-corrected chi connectivity index (χ3v) is 8.70. The van der Waals surface area contributed by atoms with Crippen LogP contribution in [0.3, 0.4) is 0 Å². The SMILES string of the molecule is CCCC(N)C(=O)OCOC(=O)N1C[C@@]2(CCC(=O)N2)CC[C@@]1(CO[C@H](C)c1cc(C(F)(F)F)cc(C(F)(F)F)c1)c1ccccc1. The number of amides is 2. The molecule has 2 aliphatic rings. The number of nitrogens with zero attached hydrogens (tertiary/aromatic N) is 1. The molecule has 47 heavy (non-hydrogen) atoms. The Bertz CT molecular complexity index is 1410. The van der Waals surface area contributed by atoms with E-state index in [2.05, 4.69) is 5.32 Å². The molecular weight excluding hydrogens is 636 g/mol. The number of rotatable bonds is 10. The van der Waals surface area contributed by atoms with E-state index in [9.17, 15) is 40.7 Å². The maximum Gasteiger partial charge on any atom is 0.416 e. The summed E-state index contributed by atoms with van der Waals surface area (Å²) < 4.78 is 97.9. The molecule has 2 saturated heterocycles. The molecular formula is C32H37F6N3O6. The molecule has 4 atom stereocenters. The van der Waals surface area contributed by atoms with Gasteiger partial charge >= 0.3 is 24.4 Å². The molecule has 3 N–H and O–H groups in total. The van der Waals surface area contributed by atoms with Crippen LogP contribution in [0.4, 0.5) is 31.1 Å². The summed E-state index contributed by atoms with van der Waals surface area (Å²) in [5, 5.41) is 2.93. The van der Waals surface area contributed by atoms with Gasteiger partial charge in [-0.1, -0.05) is 43.7 Å². The minimum Gasteiger partial charge on any atom is -0.427 e. The first kappa shape index (κ1) is 36.0. The van der Waals surface area contributed by atoms with Crippen LogP contribution in [-0.2, 0) is 41.7 Å². The topological polar surface area (TPSA) is 120 Å². The molecule has 4 rings (SSSR count). The lowest BCUT2D eigenvalue weighted by Crippen LogP contribution is -2.65. The number of nitrogens with two attached hydrogens (primary N) is 1. The number of alkyl halides is 6. The Morgan fingerprint density at radius 2 is 1.62 bits per heavy atom. The largest absolute Gasteiger partial charge is 0.427 e. The van der Waals surface area contributed by atoms with Crippen LogP contribution in [0.15, 0.2) is 48.5 Å². The van der Waals surface area contributed by atoms with Gasteiger partial charge in [0, 0.05) is 13.0 Å². The van der Waals surface area contributed by atoms with E-state index in [1.807, 2.05) is 6.92 Å². The highest BCUT2D eigenvalue weighted by Crippen LogP contribution is 2.45. The number of halogens is 6. The predicted molar refractivity (Wildman–Crippen MR) is 155 cm³/mol. The lowest BCUT2D eigenvalue weighted by molar-refractivity contribution is -0.156. The summed E-state index contributed by atoms with van der Waals surface area (Å²) in [7, 11) is 0. The van der Waals surface area contributed by atoms with Crippen LogP contribution in [0.5, 0.6) is 0 Å². The monoisotopic (exact) mass is 673 g/mol. The van der Waals surface area contributed by atoms with Crippen LogP contribution in [0.25, 0.3) is 0 Å². The molecule has 2 amide bonds. The Kier molecular flexibility index (Phi) is 10.8. The van der Waals surface area contributed by atoms with Crippen molar-refractivity contribution < 1.29 is 54.9 Å². The highest BCUT2D eigenvalue weighted by molar-refractivity contribution is 5.80. The van der Waals surface area contributed by atoms with Gasteiger partial charge in [0.1, 0.15) is 6.04 Å². The fraction of sp³-hybridized carbons (Fsp3) is 0.531. The molecule has 0 radical (unpaired) electrons. The first-order valence-corrected chi connectivity index (χ1v) is 15.1. The van der Waals surface area contributed by atoms with Crippen LogP contribution < -0.4 is 11.1 Å². The van der Waals surface area contributed by atoms with Crippen molar-refractivity contribution in [2.75, 3.05) is 19.9 Å². The van der Waals surface area contributed by atoms with E-state index >= 15 is 0 Å². The van der Waals surface area contributed by atoms with Gasteiger partial charge in [0.05, 0.1) is 34.9 Å². The van der Waals surface area contributed by atoms with Crippen LogP contribution >= 0.6 is 0 Å². The van der Waals surface area contributed by atoms with E-state index in [4.69, 9.17) is 19.9 Å². The average molecular weight is 674 g/mol. The van der Waals surface area contributed by atoms with E-state index < -0.39 is 65.6 Å². The number of likely N-dealkylation sites (tertiary alicyclic amines) is 1. The fourth-order valence-electron chi connectivity index (χ4n) is 6.04. The second-order valence-electron chi connectivity index (χ2n) is 12.0. The van der Waals surface area contributed by atoms with E-state index in [0.717, 1.165) is 0 Å². The van der Waals surface area contributed by atoms with E-state index in [1.54, 1.807) is 30.3 Å². The number of esters is 1. The van der Waals surface area contributed by atoms with Crippen molar-refractivity contribution in [3.05, 3.63) is 70.8 Å². The zero-order valence-corrected chi connectivity index (χ0v) is 25.9. The number of carbonyl (C=O) groups is 3. The number of carbonyl (C=O) groups excluding carboxylic acids is 3. The molecule has 0 aromatic heterocycles. The summed E-state index contributed by atoms with van der Waals surface area (Å²) in [6, 6.07) is 8.85. The van der Waals surface area contributed by atoms with Crippen molar-refractivity contribution >= 4 is 18.0 Å². The summed E-state index contributed by atoms with van der Waals surface area (Å²) in [6.07, 6.45) is -10.2. The molecule has 0 bridgehead atoms. The van der Waals surface area contributed by atoms with Crippen LogP contribution in [0.1, 0.15) is 80.7 Å². The van der Waals surface area contributed by atoms with E-state index in [1.165, 1.54) is 11.8 Å². The zero-order valence-electron chi connectivity index (χ0n) is 25.9. The second-order valence-corrected chi connectivity index (χ2v) is 12.0. The Morgan fingerprint density at radius 3 is 2.17 bits per heavy atom. The van der Waals surface area contributed by atoms with Crippen molar-refractivity contribution in [1.29, 1.82) is 0 Å². The lowest BCUT2D eigenvalue weighted by atomic mass is 9.74. The minimum atomic E-state index is -5.05. The molecule has 9 nitrogen and oxygen atoms in total. The van der Waals surface area contributed by atoms with Gasteiger partial charge in [0.15, 0.2) is 0 Å². The van der Waals surface area contributed by atoms with Gasteiger partial charge in [0.2, 0.25) is 12.7 Å². The minimum absolute atomic E-state index is 0.0395. The van der Waals surface area contributed by atoms with Crippen LogP contribution in [0.2, 0.25) is 0 Å². The number of piperidine rings is 1. The normalized spacial score (nSPS) is 22.9. The summed E-state index contributed by atoms with van der Waals surface area (Å²) >= 11 is 0. The van der Waals surface area contributed by atoms with Crippen molar-refractivity contribution in [1.82, 2.24) is 10.2 Å². The molecule has 2 aliphatic heterocycles. The van der Waals surface area contributed by atoms with Gasteiger partial charge in [-0.3, -0.25) is 14.5 Å². The van der Waals surface area contributed by atoms with E-state index in [-0.39, 0.29) is 43.5 Å². The Balaban J connectivity index is 1.67. The Morgan fingerprint density at radius 1 is 0.979 bits per heavy atom. The summed E-state index contributed by atoms with van der Waals surface area (Å²) in [5.41, 5.74) is 0.831. The second kappa shape index (κ2) is 14.1. The number of ether oxygens (including phenoxy) is 3. The third kappa shape index (κ3) is 8.36. The molecule has 1 unspecified atom stereocenters. The molecule has 2 fully saturated rings. The highest BCUT2D eigenvalue weighted by Gasteiger charge is 2.54. The van der Waals surface area contributed by atoms with Crippen LogP contribution in [0, 0.1) is 0 Å². The van der Waals surface area contributed by atoms with Crippen molar-refractivity contribution in [2.45, 2.75) is 87.9 Å². The van der Waals surface area contributed by atoms with Crippen molar-refractivity contribution in [2.24, 2.45) is 5.73 Å². The smallest absolute Gasteiger partial charge is 0.416 e. The van der Waals surface area contributed by atoms with Gasteiger partial charge in [-0.25, -0.2) is 4.79 Å². The lowest BCUT2D eigenvalue weighted by Gasteiger charge is -2.52. The first-order valence-electron chi connectivity index (χ1n) is 15.1. The Labute approximate surface area is 267 Å². The zero-order chi connectivity index (χ0) is 34.6. The average Bonchev–Trinajstić information content (AvgIpc) is 3.39. The maximum absolute atomic E-state index is 13.8. The Hall–Kier alpha value is -3.85. The highest BCUT2D eigenvalue weighted by atomic mass is 19.4. The third-order valence-electron chi connectivity index (χ3n) is 8.70. The molecule has 1 spiro atoms. The predicted octanol–water partition coefficient (Wildman–Crippen LogP) is 6.21. The number of benzene rings is 2. The van der Waals surface area contributed by atoms with E-state index in [0.29, 0.717) is 43.4 Å². The molecule has 2 heterocycles. The van der Waals surface area contributed by atoms with Gasteiger partial charge in [0.25, 0.3) is 0 Å². The molecule has 0 aliphatic carbocycles. The number of hydrogen-bond acceptors (Lipinski definition) is 7. The van der Waals surface area contributed by atoms with Gasteiger partial charge in [-0.15, -0.1) is 0 Å². The van der Waals surface area contributed by atoms with Gasteiger partial charge < -0.3 is 25.3 Å². The summed E-state index contributed by atoms with van der Waals surface area (Å²) in [4.78, 5) is 39.5. The molecule has 2 aromatic rings. The molecule has 0 saturated carbocycles. The number of hydrogen-bond donors (Lipinski definition) is 2. The van der Waals surface area contributed by atoms with Crippen molar-refractivity contribution in [3.63, 3.8) is 0 Å². The quantitative estimate of drug-likeness (QED) is 0.175. The maximum atomic E-state index is 13.8. The van der Waals surface area contributed by atoms with Gasteiger partial charge in [-0.05, 0) is 61.9 Å². The number of nitrogens with one attached hydrogen (secondary N) is 1. The standard InChI is InChI=1S/C32H37F6N3O6/c1-3-7-25(39)27(43)46-19-47-28(44)41-17-29(11-10-26(42)40-29)12-13-30(41,22-8-5-4-6-9-22)18-45-20(2)21-14-23(31(33,34)35)16-24(15-21)32(36,37)38/h4-6,8-9,14-16,20,25H,3,7,10-13,17-19,39H2,1-2H3,(H,40,42)/t20-,25?,29-,30-/m1/s1. The fourth-order valence-corrected chi connectivity index (χ4v) is 6.04. The summed E-state index contributed by atoms with van der Waals surface area (Å²) in [5.74, 6) is -0.983. The van der Waals surface area contributed by atoms with Gasteiger partial charge in [-0.2, -0.15) is 26.3 Å². The molecule has 15 heteroatoms.